The lowest BCUT2D eigenvalue weighted by Crippen LogP contribution is -2.47. The quantitative estimate of drug-likeness (QED) is 0.193. The van der Waals surface area contributed by atoms with Crippen molar-refractivity contribution in [2.45, 2.75) is 46.8 Å². The van der Waals surface area contributed by atoms with Crippen molar-refractivity contribution in [3.05, 3.63) is 88.4 Å². The van der Waals surface area contributed by atoms with Crippen LogP contribution in [0, 0.1) is 12.8 Å². The molecule has 40 heavy (non-hydrogen) atoms. The molecular weight excluding hydrogens is 530 g/mol. The van der Waals surface area contributed by atoms with Crippen molar-refractivity contribution < 1.29 is 23.8 Å². The third-order valence-corrected chi connectivity index (χ3v) is 5.93. The van der Waals surface area contributed by atoms with E-state index in [4.69, 9.17) is 25.8 Å². The SMILES string of the molecule is CCOc1cc(/C=N\NC(=O)[C@@H](CC(C)C)NC(=O)COc2ccc(Cl)cc2)ccc1OCc1cccc(C)c1. The molecule has 2 N–H and O–H groups in total. The predicted octanol–water partition coefficient (Wildman–Crippen LogP) is 5.69. The lowest BCUT2D eigenvalue weighted by molar-refractivity contribution is -0.130. The van der Waals surface area contributed by atoms with E-state index in [1.165, 1.54) is 11.8 Å². The van der Waals surface area contributed by atoms with Gasteiger partial charge in [0.15, 0.2) is 18.1 Å². The maximum Gasteiger partial charge on any atom is 0.262 e. The Morgan fingerprint density at radius 3 is 2.45 bits per heavy atom. The Kier molecular flexibility index (Phi) is 11.8. The van der Waals surface area contributed by atoms with Gasteiger partial charge in [-0.3, -0.25) is 9.59 Å². The average Bonchev–Trinajstić information content (AvgIpc) is 2.92. The molecule has 0 aliphatic heterocycles. The average molecular weight is 566 g/mol. The molecule has 0 saturated carbocycles. The van der Waals surface area contributed by atoms with E-state index in [1.54, 1.807) is 30.3 Å². The van der Waals surface area contributed by atoms with Crippen molar-refractivity contribution in [3.63, 3.8) is 0 Å². The lowest BCUT2D eigenvalue weighted by atomic mass is 10.0. The van der Waals surface area contributed by atoms with Gasteiger partial charge in [-0.1, -0.05) is 55.3 Å². The summed E-state index contributed by atoms with van der Waals surface area (Å²) in [7, 11) is 0. The minimum atomic E-state index is -0.769. The van der Waals surface area contributed by atoms with Crippen molar-refractivity contribution in [1.82, 2.24) is 10.7 Å². The number of halogens is 1. The molecule has 0 unspecified atom stereocenters. The van der Waals surface area contributed by atoms with Crippen LogP contribution in [0.1, 0.15) is 43.9 Å². The maximum absolute atomic E-state index is 12.8. The maximum atomic E-state index is 12.8. The van der Waals surface area contributed by atoms with Gasteiger partial charge in [0.2, 0.25) is 0 Å². The number of hydrogen-bond donors (Lipinski definition) is 2. The molecule has 0 radical (unpaired) electrons. The highest BCUT2D eigenvalue weighted by Gasteiger charge is 2.22. The van der Waals surface area contributed by atoms with Crippen LogP contribution in [0.15, 0.2) is 71.8 Å². The van der Waals surface area contributed by atoms with Gasteiger partial charge < -0.3 is 19.5 Å². The fourth-order valence-electron chi connectivity index (χ4n) is 3.82. The summed E-state index contributed by atoms with van der Waals surface area (Å²) in [5.74, 6) is 1.03. The number of carbonyl (C=O) groups is 2. The first-order valence-electron chi connectivity index (χ1n) is 13.2. The van der Waals surface area contributed by atoms with E-state index in [0.717, 1.165) is 5.56 Å². The molecule has 0 heterocycles. The number of nitrogens with one attached hydrogen (secondary N) is 2. The first-order chi connectivity index (χ1) is 19.2. The molecule has 9 heteroatoms. The van der Waals surface area contributed by atoms with Gasteiger partial charge in [0.05, 0.1) is 12.8 Å². The fraction of sp³-hybridized carbons (Fsp3) is 0.323. The number of hydrazone groups is 1. The Morgan fingerprint density at radius 2 is 1.75 bits per heavy atom. The van der Waals surface area contributed by atoms with Crippen LogP contribution in [0.4, 0.5) is 0 Å². The lowest BCUT2D eigenvalue weighted by Gasteiger charge is -2.19. The molecular formula is C31H36ClN3O5. The van der Waals surface area contributed by atoms with Gasteiger partial charge in [0.1, 0.15) is 18.4 Å². The van der Waals surface area contributed by atoms with Crippen molar-refractivity contribution in [1.29, 1.82) is 0 Å². The second-order valence-electron chi connectivity index (χ2n) is 9.64. The van der Waals surface area contributed by atoms with Gasteiger partial charge in [0, 0.05) is 5.02 Å². The number of amides is 2. The van der Waals surface area contributed by atoms with E-state index in [-0.39, 0.29) is 12.5 Å². The molecule has 3 aromatic carbocycles. The van der Waals surface area contributed by atoms with Gasteiger partial charge >= 0.3 is 0 Å². The predicted molar refractivity (Wildman–Crippen MR) is 157 cm³/mol. The van der Waals surface area contributed by atoms with E-state index in [2.05, 4.69) is 21.9 Å². The summed E-state index contributed by atoms with van der Waals surface area (Å²) in [5.41, 5.74) is 5.48. The Morgan fingerprint density at radius 1 is 0.975 bits per heavy atom. The van der Waals surface area contributed by atoms with Crippen LogP contribution in [-0.4, -0.2) is 37.3 Å². The second-order valence-corrected chi connectivity index (χ2v) is 10.1. The van der Waals surface area contributed by atoms with E-state index in [1.807, 2.05) is 58.0 Å². The van der Waals surface area contributed by atoms with Crippen LogP contribution < -0.4 is 25.0 Å². The van der Waals surface area contributed by atoms with Crippen LogP contribution in [0.5, 0.6) is 17.2 Å². The number of benzene rings is 3. The molecule has 0 aliphatic rings. The van der Waals surface area contributed by atoms with Crippen LogP contribution >= 0.6 is 11.6 Å². The molecule has 0 aliphatic carbocycles. The van der Waals surface area contributed by atoms with Crippen molar-refractivity contribution in [2.75, 3.05) is 13.2 Å². The normalized spacial score (nSPS) is 11.8. The summed E-state index contributed by atoms with van der Waals surface area (Å²) in [6, 6.07) is 19.5. The zero-order chi connectivity index (χ0) is 28.9. The highest BCUT2D eigenvalue weighted by Crippen LogP contribution is 2.29. The van der Waals surface area contributed by atoms with E-state index in [0.29, 0.717) is 47.5 Å². The topological polar surface area (TPSA) is 98.2 Å². The molecule has 1 atom stereocenters. The number of nitrogens with zero attached hydrogens (tertiary/aromatic N) is 1. The highest BCUT2D eigenvalue weighted by atomic mass is 35.5. The number of rotatable bonds is 14. The molecule has 0 spiro atoms. The zero-order valence-corrected chi connectivity index (χ0v) is 24.0. The number of ether oxygens (including phenoxy) is 3. The number of aryl methyl sites for hydroxylation is 1. The van der Waals surface area contributed by atoms with Crippen LogP contribution in [0.3, 0.4) is 0 Å². The Labute approximate surface area is 240 Å². The van der Waals surface area contributed by atoms with Crippen molar-refractivity contribution in [3.8, 4) is 17.2 Å². The molecule has 0 fully saturated rings. The summed E-state index contributed by atoms with van der Waals surface area (Å²) in [6.07, 6.45) is 1.96. The highest BCUT2D eigenvalue weighted by molar-refractivity contribution is 6.30. The van der Waals surface area contributed by atoms with E-state index >= 15 is 0 Å². The van der Waals surface area contributed by atoms with Gasteiger partial charge in [-0.05, 0) is 79.8 Å². The second kappa shape index (κ2) is 15.5. The third kappa shape index (κ3) is 10.3. The smallest absolute Gasteiger partial charge is 0.262 e. The minimum Gasteiger partial charge on any atom is -0.490 e. The monoisotopic (exact) mass is 565 g/mol. The zero-order valence-electron chi connectivity index (χ0n) is 23.3. The standard InChI is InChI=1S/C31H36ClN3O5/c1-5-38-29-17-23(9-14-28(29)40-19-24-8-6-7-22(4)16-24)18-33-35-31(37)27(15-21(2)3)34-30(36)20-39-26-12-10-25(32)11-13-26/h6-14,16-18,21,27H,5,15,19-20H2,1-4H3,(H,34,36)(H,35,37)/b33-18-/t27-/m1/s1. The van der Waals surface area contributed by atoms with Gasteiger partial charge in [-0.2, -0.15) is 5.10 Å². The van der Waals surface area contributed by atoms with E-state index < -0.39 is 17.9 Å². The largest absolute Gasteiger partial charge is 0.490 e. The number of hydrogen-bond acceptors (Lipinski definition) is 6. The molecule has 0 saturated heterocycles. The molecule has 2 amide bonds. The summed E-state index contributed by atoms with van der Waals surface area (Å²) in [4.78, 5) is 25.3. The fourth-order valence-corrected chi connectivity index (χ4v) is 3.95. The molecule has 3 aromatic rings. The van der Waals surface area contributed by atoms with Crippen LogP contribution in [0.2, 0.25) is 5.02 Å². The molecule has 8 nitrogen and oxygen atoms in total. The molecule has 0 bridgehead atoms. The van der Waals surface area contributed by atoms with Gasteiger partial charge in [-0.15, -0.1) is 0 Å². The van der Waals surface area contributed by atoms with Crippen LogP contribution in [-0.2, 0) is 16.2 Å². The van der Waals surface area contributed by atoms with Crippen molar-refractivity contribution in [2.24, 2.45) is 11.0 Å². The summed E-state index contributed by atoms with van der Waals surface area (Å²) in [6.45, 7) is 8.53. The molecule has 0 aromatic heterocycles. The first kappa shape index (κ1) is 30.5. The van der Waals surface area contributed by atoms with Gasteiger partial charge in [0.25, 0.3) is 11.8 Å². The third-order valence-electron chi connectivity index (χ3n) is 5.68. The van der Waals surface area contributed by atoms with Crippen molar-refractivity contribution >= 4 is 29.6 Å². The molecule has 3 rings (SSSR count). The van der Waals surface area contributed by atoms with Gasteiger partial charge in [-0.25, -0.2) is 5.43 Å². The Bertz CT molecular complexity index is 1290. The minimum absolute atomic E-state index is 0.165. The van der Waals surface area contributed by atoms with Crippen LogP contribution in [0.25, 0.3) is 0 Å². The first-order valence-corrected chi connectivity index (χ1v) is 13.6. The van der Waals surface area contributed by atoms with E-state index in [9.17, 15) is 9.59 Å². The summed E-state index contributed by atoms with van der Waals surface area (Å²) < 4.78 is 17.2. The Hall–Kier alpha value is -4.04. The Balaban J connectivity index is 1.58. The molecule has 212 valence electrons. The summed E-state index contributed by atoms with van der Waals surface area (Å²) >= 11 is 5.87. The number of carbonyl (C=O) groups excluding carboxylic acids is 2. The summed E-state index contributed by atoms with van der Waals surface area (Å²) in [5, 5.41) is 7.40.